The first kappa shape index (κ1) is 15.8. The lowest BCUT2D eigenvalue weighted by atomic mass is 9.82. The van der Waals surface area contributed by atoms with Crippen LogP contribution in [0.25, 0.3) is 0 Å². The Morgan fingerprint density at radius 1 is 1.50 bits per heavy atom. The van der Waals surface area contributed by atoms with Crippen LogP contribution in [0.4, 0.5) is 0 Å². The molecule has 20 heavy (non-hydrogen) atoms. The predicted octanol–water partition coefficient (Wildman–Crippen LogP) is 2.20. The molecule has 2 rings (SSSR count). The molecule has 1 N–H and O–H groups in total. The molecule has 116 valence electrons. The van der Waals surface area contributed by atoms with Gasteiger partial charge in [-0.2, -0.15) is 0 Å². The van der Waals surface area contributed by atoms with Crippen molar-refractivity contribution in [2.24, 2.45) is 11.3 Å². The number of carbonyl (C=O) groups excluding carboxylic acids is 1. The van der Waals surface area contributed by atoms with Gasteiger partial charge in [-0.05, 0) is 32.1 Å². The summed E-state index contributed by atoms with van der Waals surface area (Å²) in [6.07, 6.45) is 6.17. The van der Waals surface area contributed by atoms with E-state index in [4.69, 9.17) is 4.74 Å². The van der Waals surface area contributed by atoms with Gasteiger partial charge < -0.3 is 14.7 Å². The van der Waals surface area contributed by atoms with E-state index >= 15 is 0 Å². The number of rotatable bonds is 4. The van der Waals surface area contributed by atoms with Crippen LogP contribution in [0.15, 0.2) is 0 Å². The Kier molecular flexibility index (Phi) is 5.44. The first-order chi connectivity index (χ1) is 9.58. The maximum Gasteiger partial charge on any atom is 0.225 e. The molecule has 2 aliphatic heterocycles. The minimum Gasteiger partial charge on any atom is -0.396 e. The minimum atomic E-state index is -0.109. The fraction of sp³-hybridized carbons (Fsp3) is 0.938. The van der Waals surface area contributed by atoms with Gasteiger partial charge in [0.2, 0.25) is 5.91 Å². The lowest BCUT2D eigenvalue weighted by molar-refractivity contribution is -0.144. The summed E-state index contributed by atoms with van der Waals surface area (Å²) >= 11 is 0. The van der Waals surface area contributed by atoms with Crippen molar-refractivity contribution in [1.82, 2.24) is 4.90 Å². The maximum absolute atomic E-state index is 12.7. The summed E-state index contributed by atoms with van der Waals surface area (Å²) in [5.41, 5.74) is -0.109. The van der Waals surface area contributed by atoms with Crippen molar-refractivity contribution in [2.45, 2.75) is 58.5 Å². The van der Waals surface area contributed by atoms with Gasteiger partial charge in [0.25, 0.3) is 0 Å². The van der Waals surface area contributed by atoms with E-state index in [1.54, 1.807) is 0 Å². The van der Waals surface area contributed by atoms with E-state index < -0.39 is 0 Å². The van der Waals surface area contributed by atoms with Crippen LogP contribution in [-0.2, 0) is 9.53 Å². The number of carbonyl (C=O) groups is 1. The van der Waals surface area contributed by atoms with Gasteiger partial charge in [-0.3, -0.25) is 4.79 Å². The molecule has 0 saturated carbocycles. The molecule has 0 aromatic heterocycles. The number of likely N-dealkylation sites (tertiary alicyclic amines) is 1. The second-order valence-corrected chi connectivity index (χ2v) is 6.83. The number of hydrogen-bond donors (Lipinski definition) is 1. The lowest BCUT2D eigenvalue weighted by Gasteiger charge is -2.41. The van der Waals surface area contributed by atoms with Crippen molar-refractivity contribution in [3.05, 3.63) is 0 Å². The van der Waals surface area contributed by atoms with Gasteiger partial charge in [-0.25, -0.2) is 0 Å². The molecular formula is C16H29NO3. The summed E-state index contributed by atoms with van der Waals surface area (Å²) in [4.78, 5) is 14.7. The number of ether oxygens (including phenoxy) is 1. The maximum atomic E-state index is 12.7. The molecule has 3 atom stereocenters. The molecule has 2 aliphatic rings. The molecular weight excluding hydrogens is 254 g/mol. The van der Waals surface area contributed by atoms with Crippen LogP contribution in [0, 0.1) is 11.3 Å². The third-order valence-corrected chi connectivity index (χ3v) is 4.80. The summed E-state index contributed by atoms with van der Waals surface area (Å²) in [5, 5.41) is 9.51. The van der Waals surface area contributed by atoms with Crippen LogP contribution in [0.1, 0.15) is 52.4 Å². The number of amides is 1. The summed E-state index contributed by atoms with van der Waals surface area (Å²) < 4.78 is 5.74. The molecule has 1 amide bonds. The zero-order valence-corrected chi connectivity index (χ0v) is 12.9. The van der Waals surface area contributed by atoms with Gasteiger partial charge in [-0.15, -0.1) is 0 Å². The Morgan fingerprint density at radius 2 is 2.30 bits per heavy atom. The topological polar surface area (TPSA) is 49.8 Å². The standard InChI is InChI=1S/C16H29NO3/c1-3-5-14-10-13(6-9-20-14)15(19)17-8-4-7-16(2,11-17)12-18/h13-14,18H,3-12H2,1-2H3. The van der Waals surface area contributed by atoms with Crippen LogP contribution in [0.5, 0.6) is 0 Å². The highest BCUT2D eigenvalue weighted by Gasteiger charge is 2.36. The van der Waals surface area contributed by atoms with E-state index in [0.29, 0.717) is 13.2 Å². The Morgan fingerprint density at radius 3 is 3.00 bits per heavy atom. The highest BCUT2D eigenvalue weighted by molar-refractivity contribution is 5.79. The van der Waals surface area contributed by atoms with Gasteiger partial charge in [0.15, 0.2) is 0 Å². The molecule has 2 heterocycles. The number of hydrogen-bond acceptors (Lipinski definition) is 3. The first-order valence-electron chi connectivity index (χ1n) is 8.09. The quantitative estimate of drug-likeness (QED) is 0.860. The van der Waals surface area contributed by atoms with Crippen molar-refractivity contribution in [3.8, 4) is 0 Å². The van der Waals surface area contributed by atoms with Crippen LogP contribution in [0.3, 0.4) is 0 Å². The average molecular weight is 283 g/mol. The van der Waals surface area contributed by atoms with Crippen molar-refractivity contribution >= 4 is 5.91 Å². The normalized spacial score (nSPS) is 35.0. The Hall–Kier alpha value is -0.610. The number of nitrogens with zero attached hydrogens (tertiary/aromatic N) is 1. The fourth-order valence-electron chi connectivity index (χ4n) is 3.52. The number of aliphatic hydroxyl groups excluding tert-OH is 1. The van der Waals surface area contributed by atoms with Gasteiger partial charge in [0.1, 0.15) is 0 Å². The molecule has 0 spiro atoms. The van der Waals surface area contributed by atoms with E-state index in [1.165, 1.54) is 0 Å². The smallest absolute Gasteiger partial charge is 0.225 e. The third kappa shape index (κ3) is 3.73. The molecule has 3 unspecified atom stereocenters. The molecule has 4 heteroatoms. The van der Waals surface area contributed by atoms with Crippen molar-refractivity contribution in [2.75, 3.05) is 26.3 Å². The third-order valence-electron chi connectivity index (χ3n) is 4.80. The second-order valence-electron chi connectivity index (χ2n) is 6.83. The molecule has 0 aromatic carbocycles. The van der Waals surface area contributed by atoms with Gasteiger partial charge in [-0.1, -0.05) is 20.3 Å². The van der Waals surface area contributed by atoms with Crippen LogP contribution in [0.2, 0.25) is 0 Å². The molecule has 0 aromatic rings. The lowest BCUT2D eigenvalue weighted by Crippen LogP contribution is -2.49. The van der Waals surface area contributed by atoms with E-state index in [-0.39, 0.29) is 30.0 Å². The van der Waals surface area contributed by atoms with E-state index in [2.05, 4.69) is 13.8 Å². The molecule has 2 saturated heterocycles. The zero-order valence-electron chi connectivity index (χ0n) is 12.9. The Labute approximate surface area is 122 Å². The number of piperidine rings is 1. The van der Waals surface area contributed by atoms with E-state index in [9.17, 15) is 9.90 Å². The average Bonchev–Trinajstić information content (AvgIpc) is 2.47. The Balaban J connectivity index is 1.93. The zero-order chi connectivity index (χ0) is 14.6. The van der Waals surface area contributed by atoms with Crippen LogP contribution >= 0.6 is 0 Å². The summed E-state index contributed by atoms with van der Waals surface area (Å²) in [7, 11) is 0. The first-order valence-corrected chi connectivity index (χ1v) is 8.09. The highest BCUT2D eigenvalue weighted by Crippen LogP contribution is 2.31. The molecule has 2 fully saturated rings. The van der Waals surface area contributed by atoms with Gasteiger partial charge >= 0.3 is 0 Å². The molecule has 0 bridgehead atoms. The SMILES string of the molecule is CCCC1CC(C(=O)N2CCCC(C)(CO)C2)CCO1. The highest BCUT2D eigenvalue weighted by atomic mass is 16.5. The van der Waals surface area contributed by atoms with Crippen LogP contribution < -0.4 is 0 Å². The van der Waals surface area contributed by atoms with Crippen molar-refractivity contribution in [3.63, 3.8) is 0 Å². The molecule has 0 radical (unpaired) electrons. The second kappa shape index (κ2) is 6.90. The predicted molar refractivity (Wildman–Crippen MR) is 78.4 cm³/mol. The summed E-state index contributed by atoms with van der Waals surface area (Å²) in [6, 6.07) is 0. The van der Waals surface area contributed by atoms with Crippen molar-refractivity contribution in [1.29, 1.82) is 0 Å². The largest absolute Gasteiger partial charge is 0.396 e. The molecule has 4 nitrogen and oxygen atoms in total. The van der Waals surface area contributed by atoms with Crippen LogP contribution in [-0.4, -0.2) is 48.3 Å². The fourth-order valence-corrected chi connectivity index (χ4v) is 3.52. The van der Waals surface area contributed by atoms with E-state index in [0.717, 1.165) is 45.1 Å². The van der Waals surface area contributed by atoms with Gasteiger partial charge in [0.05, 0.1) is 12.7 Å². The minimum absolute atomic E-state index is 0.109. The van der Waals surface area contributed by atoms with Crippen molar-refractivity contribution < 1.29 is 14.6 Å². The monoisotopic (exact) mass is 283 g/mol. The molecule has 0 aliphatic carbocycles. The van der Waals surface area contributed by atoms with Gasteiger partial charge in [0, 0.05) is 31.0 Å². The number of aliphatic hydroxyl groups is 1. The Bertz CT molecular complexity index is 332. The summed E-state index contributed by atoms with van der Waals surface area (Å²) in [5.74, 6) is 0.412. The van der Waals surface area contributed by atoms with E-state index in [1.807, 2.05) is 4.90 Å². The summed E-state index contributed by atoms with van der Waals surface area (Å²) in [6.45, 7) is 6.68.